The van der Waals surface area contributed by atoms with Crippen molar-refractivity contribution in [3.8, 4) is 0 Å². The third kappa shape index (κ3) is 2.49. The summed E-state index contributed by atoms with van der Waals surface area (Å²) in [6.45, 7) is 4.58. The first-order chi connectivity index (χ1) is 11.9. The van der Waals surface area contributed by atoms with Gasteiger partial charge in [-0.1, -0.05) is 25.5 Å². The molecule has 7 atom stereocenters. The van der Waals surface area contributed by atoms with Gasteiger partial charge in [-0.2, -0.15) is 0 Å². The number of carbonyl (C=O) groups excluding carboxylic acids is 1. The van der Waals surface area contributed by atoms with Crippen LogP contribution in [0.1, 0.15) is 65.2 Å². The summed E-state index contributed by atoms with van der Waals surface area (Å²) in [6.07, 6.45) is 12.3. The van der Waals surface area contributed by atoms with Crippen molar-refractivity contribution >= 4 is 5.78 Å². The van der Waals surface area contributed by atoms with E-state index in [-0.39, 0.29) is 23.7 Å². The van der Waals surface area contributed by atoms with Crippen LogP contribution in [0, 0.1) is 34.5 Å². The third-order valence-corrected chi connectivity index (χ3v) is 8.94. The molecule has 25 heavy (non-hydrogen) atoms. The predicted octanol–water partition coefficient (Wildman–Crippen LogP) is 4.14. The molecule has 0 radical (unpaired) electrons. The van der Waals surface area contributed by atoms with Crippen LogP contribution < -0.4 is 0 Å². The Morgan fingerprint density at radius 3 is 2.72 bits per heavy atom. The average molecular weight is 347 g/mol. The lowest BCUT2D eigenvalue weighted by Crippen LogP contribution is -2.51. The van der Waals surface area contributed by atoms with Gasteiger partial charge >= 0.3 is 0 Å². The van der Waals surface area contributed by atoms with Gasteiger partial charge in [0.2, 0.25) is 0 Å². The second kappa shape index (κ2) is 6.20. The number of hydrogen-bond donors (Lipinski definition) is 1. The number of Topliss-reactive ketones (excluding diaryl/α,β-unsaturated/α-hetero) is 1. The number of fused-ring (bicyclic) bond motifs is 5. The normalized spacial score (nSPS) is 49.0. The molecule has 7 unspecified atom stereocenters. The second-order valence-electron chi connectivity index (χ2n) is 9.66. The van der Waals surface area contributed by atoms with E-state index in [1.807, 2.05) is 7.11 Å². The average Bonchev–Trinajstić information content (AvgIpc) is 2.97. The molecule has 0 aromatic heterocycles. The lowest BCUT2D eigenvalue weighted by atomic mass is 9.47. The Labute approximate surface area is 152 Å². The maximum atomic E-state index is 12.3. The molecular weight excluding hydrogens is 312 g/mol. The summed E-state index contributed by atoms with van der Waals surface area (Å²) >= 11 is 0. The number of rotatable bonds is 3. The van der Waals surface area contributed by atoms with Crippen molar-refractivity contribution in [3.63, 3.8) is 0 Å². The van der Waals surface area contributed by atoms with Crippen LogP contribution in [0.4, 0.5) is 0 Å². The number of aliphatic hydroxyl groups excluding tert-OH is 1. The molecule has 4 aliphatic rings. The van der Waals surface area contributed by atoms with E-state index in [4.69, 9.17) is 4.74 Å². The zero-order valence-electron chi connectivity index (χ0n) is 16.1. The molecule has 0 aliphatic heterocycles. The Morgan fingerprint density at radius 1 is 1.20 bits per heavy atom. The second-order valence-corrected chi connectivity index (χ2v) is 9.66. The van der Waals surface area contributed by atoms with Crippen LogP contribution in [0.2, 0.25) is 0 Å². The highest BCUT2D eigenvalue weighted by molar-refractivity contribution is 5.83. The smallest absolute Gasteiger partial charge is 0.161 e. The minimum Gasteiger partial charge on any atom is -0.389 e. The molecule has 0 heterocycles. The number of ether oxygens (including phenoxy) is 1. The first-order valence-electron chi connectivity index (χ1n) is 10.3. The summed E-state index contributed by atoms with van der Waals surface area (Å²) in [7, 11) is 1.85. The lowest BCUT2D eigenvalue weighted by Gasteiger charge is -2.58. The lowest BCUT2D eigenvalue weighted by molar-refractivity contribution is -0.132. The van der Waals surface area contributed by atoms with Crippen LogP contribution in [0.25, 0.3) is 0 Å². The summed E-state index contributed by atoms with van der Waals surface area (Å²) < 4.78 is 5.66. The number of methoxy groups -OCH3 is 1. The van der Waals surface area contributed by atoms with E-state index in [0.717, 1.165) is 31.1 Å². The van der Waals surface area contributed by atoms with Gasteiger partial charge in [-0.3, -0.25) is 4.79 Å². The van der Waals surface area contributed by atoms with Gasteiger partial charge in [-0.25, -0.2) is 0 Å². The summed E-state index contributed by atoms with van der Waals surface area (Å²) in [5, 5.41) is 9.41. The van der Waals surface area contributed by atoms with Crippen LogP contribution in [0.3, 0.4) is 0 Å². The minimum absolute atomic E-state index is 0.0855. The summed E-state index contributed by atoms with van der Waals surface area (Å²) in [6, 6.07) is 0. The summed E-state index contributed by atoms with van der Waals surface area (Å²) in [5.41, 5.74) is 2.11. The fraction of sp³-hybridized carbons (Fsp3) is 0.864. The van der Waals surface area contributed by atoms with E-state index in [1.54, 1.807) is 5.57 Å². The largest absolute Gasteiger partial charge is 0.389 e. The van der Waals surface area contributed by atoms with Gasteiger partial charge in [0.25, 0.3) is 0 Å². The molecule has 1 N–H and O–H groups in total. The summed E-state index contributed by atoms with van der Waals surface area (Å²) in [5.74, 6) is 2.32. The molecule has 0 spiro atoms. The molecule has 140 valence electrons. The predicted molar refractivity (Wildman–Crippen MR) is 98.1 cm³/mol. The molecule has 4 aliphatic carbocycles. The Balaban J connectivity index is 1.62. The van der Waals surface area contributed by atoms with Crippen LogP contribution >= 0.6 is 0 Å². The van der Waals surface area contributed by atoms with Crippen molar-refractivity contribution in [2.24, 2.45) is 34.5 Å². The molecule has 0 aromatic rings. The Morgan fingerprint density at radius 2 is 2.00 bits per heavy atom. The van der Waals surface area contributed by atoms with Gasteiger partial charge in [-0.15, -0.1) is 0 Å². The van der Waals surface area contributed by atoms with Crippen LogP contribution in [0.15, 0.2) is 11.6 Å². The van der Waals surface area contributed by atoms with Gasteiger partial charge in [-0.05, 0) is 80.0 Å². The van der Waals surface area contributed by atoms with E-state index in [0.29, 0.717) is 17.4 Å². The fourth-order valence-corrected chi connectivity index (χ4v) is 7.47. The third-order valence-electron chi connectivity index (χ3n) is 8.94. The molecule has 0 bridgehead atoms. The van der Waals surface area contributed by atoms with Gasteiger partial charge in [0.05, 0.1) is 6.10 Å². The number of aliphatic hydroxyl groups is 1. The zero-order valence-corrected chi connectivity index (χ0v) is 16.1. The van der Waals surface area contributed by atoms with E-state index in [9.17, 15) is 9.90 Å². The first kappa shape index (κ1) is 17.7. The van der Waals surface area contributed by atoms with Crippen molar-refractivity contribution in [1.82, 2.24) is 0 Å². The zero-order chi connectivity index (χ0) is 17.8. The summed E-state index contributed by atoms with van der Waals surface area (Å²) in [4.78, 5) is 12.3. The van der Waals surface area contributed by atoms with Gasteiger partial charge in [0, 0.05) is 13.0 Å². The van der Waals surface area contributed by atoms with Gasteiger partial charge < -0.3 is 9.84 Å². The molecule has 3 fully saturated rings. The van der Waals surface area contributed by atoms with Crippen molar-refractivity contribution in [1.29, 1.82) is 0 Å². The molecule has 3 nitrogen and oxygen atoms in total. The van der Waals surface area contributed by atoms with Crippen LogP contribution in [-0.4, -0.2) is 30.7 Å². The number of carbonyl (C=O) groups is 1. The van der Waals surface area contributed by atoms with E-state index in [1.165, 1.54) is 32.1 Å². The SMILES string of the molecule is COC1CCC2(C)C(=CCC3C2CCC2(C)C(C(=O)CO)CCC32)C1. The highest BCUT2D eigenvalue weighted by Gasteiger charge is 2.59. The maximum Gasteiger partial charge on any atom is 0.161 e. The molecule has 4 rings (SSSR count). The van der Waals surface area contributed by atoms with Gasteiger partial charge in [0.15, 0.2) is 5.78 Å². The van der Waals surface area contributed by atoms with E-state index >= 15 is 0 Å². The van der Waals surface area contributed by atoms with E-state index in [2.05, 4.69) is 19.9 Å². The molecule has 0 saturated heterocycles. The molecule has 0 aromatic carbocycles. The standard InChI is InChI=1S/C22H34O3/c1-21-10-8-15(25-3)12-14(21)4-5-16-17-6-7-19(20(24)13-23)22(17,2)11-9-18(16)21/h4,15-19,23H,5-13H2,1-3H3. The molecule has 3 heteroatoms. The van der Waals surface area contributed by atoms with Crippen molar-refractivity contribution in [3.05, 3.63) is 11.6 Å². The van der Waals surface area contributed by atoms with Crippen LogP contribution in [0.5, 0.6) is 0 Å². The van der Waals surface area contributed by atoms with E-state index < -0.39 is 0 Å². The fourth-order valence-electron chi connectivity index (χ4n) is 7.47. The highest BCUT2D eigenvalue weighted by atomic mass is 16.5. The number of allylic oxidation sites excluding steroid dienone is 1. The number of hydrogen-bond acceptors (Lipinski definition) is 3. The Kier molecular flexibility index (Phi) is 4.39. The minimum atomic E-state index is -0.277. The topological polar surface area (TPSA) is 46.5 Å². The van der Waals surface area contributed by atoms with Crippen molar-refractivity contribution in [2.75, 3.05) is 13.7 Å². The maximum absolute atomic E-state index is 12.3. The first-order valence-corrected chi connectivity index (χ1v) is 10.3. The molecule has 0 amide bonds. The van der Waals surface area contributed by atoms with Crippen molar-refractivity contribution < 1.29 is 14.6 Å². The highest BCUT2D eigenvalue weighted by Crippen LogP contribution is 2.66. The Hall–Kier alpha value is -0.670. The molecule has 3 saturated carbocycles. The Bertz CT molecular complexity index is 582. The van der Waals surface area contributed by atoms with Crippen molar-refractivity contribution in [2.45, 2.75) is 71.3 Å². The quantitative estimate of drug-likeness (QED) is 0.781. The monoisotopic (exact) mass is 346 g/mol. The van der Waals surface area contributed by atoms with Crippen LogP contribution in [-0.2, 0) is 9.53 Å². The number of ketones is 1. The molecular formula is C22H34O3. The van der Waals surface area contributed by atoms with Gasteiger partial charge in [0.1, 0.15) is 6.61 Å².